The van der Waals surface area contributed by atoms with E-state index in [1.54, 1.807) is 36.4 Å². The molecule has 0 atom stereocenters. The minimum Gasteiger partial charge on any atom is -1.00 e. The SMILES string of the molecule is N#Cc1ccccc1O.N#Cc1ccccc1O.[Cl-].[Cl-].[Zr+2]. The third-order valence-electron chi connectivity index (χ3n) is 2.05. The van der Waals surface area contributed by atoms with Gasteiger partial charge in [-0.2, -0.15) is 10.5 Å². The van der Waals surface area contributed by atoms with Crippen molar-refractivity contribution in [1.29, 1.82) is 10.5 Å². The van der Waals surface area contributed by atoms with Gasteiger partial charge >= 0.3 is 26.2 Å². The van der Waals surface area contributed by atoms with Crippen molar-refractivity contribution < 1.29 is 61.2 Å². The van der Waals surface area contributed by atoms with E-state index < -0.39 is 0 Å². The molecule has 2 N–H and O–H groups in total. The first kappa shape index (κ1) is 24.5. The number of nitrogens with zero attached hydrogens (tertiary/aromatic N) is 2. The molecule has 0 saturated carbocycles. The number of benzene rings is 2. The maximum Gasteiger partial charge on any atom is 2.00 e. The van der Waals surface area contributed by atoms with Crippen molar-refractivity contribution >= 4 is 0 Å². The molecule has 0 aliphatic carbocycles. The molecule has 0 unspecified atom stereocenters. The van der Waals surface area contributed by atoms with E-state index >= 15 is 0 Å². The van der Waals surface area contributed by atoms with Crippen molar-refractivity contribution in [2.75, 3.05) is 0 Å². The average Bonchev–Trinajstić information content (AvgIpc) is 2.41. The summed E-state index contributed by atoms with van der Waals surface area (Å²) in [4.78, 5) is 0. The van der Waals surface area contributed by atoms with Crippen LogP contribution in [0.4, 0.5) is 0 Å². The Bertz CT molecular complexity index is 569. The van der Waals surface area contributed by atoms with E-state index in [-0.39, 0.29) is 62.5 Å². The first-order valence-electron chi connectivity index (χ1n) is 5.05. The van der Waals surface area contributed by atoms with Crippen LogP contribution in [0.25, 0.3) is 0 Å². The largest absolute Gasteiger partial charge is 2.00 e. The van der Waals surface area contributed by atoms with Gasteiger partial charge in [0.15, 0.2) is 0 Å². The standard InChI is InChI=1S/2C7H5NO.2ClH.Zr/c2*8-5-6-3-1-2-4-7(6)9;;;/h2*1-4,9H;2*1H;/q;;;;+2/p-2. The van der Waals surface area contributed by atoms with Gasteiger partial charge in [-0.3, -0.25) is 0 Å². The Morgan fingerprint density at radius 2 is 0.952 bits per heavy atom. The van der Waals surface area contributed by atoms with Crippen LogP contribution in [-0.2, 0) is 26.2 Å². The molecule has 0 fully saturated rings. The summed E-state index contributed by atoms with van der Waals surface area (Å²) >= 11 is 0. The second kappa shape index (κ2) is 13.5. The van der Waals surface area contributed by atoms with Gasteiger partial charge in [0.25, 0.3) is 0 Å². The fourth-order valence-electron chi connectivity index (χ4n) is 1.14. The number of phenolic OH excluding ortho intramolecular Hbond substituents is 2. The van der Waals surface area contributed by atoms with Crippen molar-refractivity contribution in [3.05, 3.63) is 59.7 Å². The minimum atomic E-state index is 0. The summed E-state index contributed by atoms with van der Waals surface area (Å²) in [5.74, 6) is 0.0833. The molecule has 0 bridgehead atoms. The molecule has 0 radical (unpaired) electrons. The Balaban J connectivity index is -0.000000270. The summed E-state index contributed by atoms with van der Waals surface area (Å²) in [6, 6.07) is 16.6. The first-order chi connectivity index (χ1) is 8.69. The van der Waals surface area contributed by atoms with Gasteiger partial charge in [0.1, 0.15) is 23.6 Å². The van der Waals surface area contributed by atoms with Crippen LogP contribution in [0.2, 0.25) is 0 Å². The predicted octanol–water partition coefficient (Wildman–Crippen LogP) is -3.47. The van der Waals surface area contributed by atoms with Crippen molar-refractivity contribution in [2.24, 2.45) is 0 Å². The fourth-order valence-corrected chi connectivity index (χ4v) is 1.14. The Morgan fingerprint density at radius 1 is 0.667 bits per heavy atom. The normalized spacial score (nSPS) is 7.14. The van der Waals surface area contributed by atoms with Crippen LogP contribution >= 0.6 is 0 Å². The minimum absolute atomic E-state index is 0. The van der Waals surface area contributed by atoms with Gasteiger partial charge in [0, 0.05) is 0 Å². The van der Waals surface area contributed by atoms with E-state index in [2.05, 4.69) is 0 Å². The van der Waals surface area contributed by atoms with Gasteiger partial charge in [-0.05, 0) is 24.3 Å². The number of halogens is 2. The van der Waals surface area contributed by atoms with E-state index in [0.29, 0.717) is 11.1 Å². The maximum atomic E-state index is 8.89. The molecule has 2 aromatic rings. The third-order valence-corrected chi connectivity index (χ3v) is 2.05. The third kappa shape index (κ3) is 8.38. The molecule has 21 heavy (non-hydrogen) atoms. The van der Waals surface area contributed by atoms with Crippen molar-refractivity contribution in [1.82, 2.24) is 0 Å². The smallest absolute Gasteiger partial charge is 1.00 e. The zero-order valence-corrected chi connectivity index (χ0v) is 14.6. The zero-order chi connectivity index (χ0) is 13.4. The molecule has 0 aliphatic rings. The van der Waals surface area contributed by atoms with Crippen LogP contribution in [0.3, 0.4) is 0 Å². The summed E-state index contributed by atoms with van der Waals surface area (Å²) in [6.07, 6.45) is 0. The van der Waals surface area contributed by atoms with Crippen LogP contribution < -0.4 is 24.8 Å². The number of hydrogen-bond acceptors (Lipinski definition) is 4. The second-order valence-corrected chi connectivity index (χ2v) is 3.26. The number of rotatable bonds is 0. The molecule has 2 rings (SSSR count). The quantitative estimate of drug-likeness (QED) is 0.481. The molecular weight excluding hydrogens is 390 g/mol. The van der Waals surface area contributed by atoms with Gasteiger partial charge < -0.3 is 35.0 Å². The molecule has 0 aromatic heterocycles. The molecule has 2 aromatic carbocycles. The summed E-state index contributed by atoms with van der Waals surface area (Å²) in [5, 5.41) is 34.4. The molecule has 0 spiro atoms. The van der Waals surface area contributed by atoms with E-state index in [0.717, 1.165) is 0 Å². The number of para-hydroxylation sites is 2. The van der Waals surface area contributed by atoms with E-state index in [1.807, 2.05) is 12.1 Å². The van der Waals surface area contributed by atoms with Crippen LogP contribution in [0.5, 0.6) is 11.5 Å². The Kier molecular flexibility index (Phi) is 15.7. The number of hydrogen-bond donors (Lipinski definition) is 2. The van der Waals surface area contributed by atoms with Gasteiger partial charge in [-0.15, -0.1) is 0 Å². The Morgan fingerprint density at radius 3 is 1.14 bits per heavy atom. The van der Waals surface area contributed by atoms with Crippen LogP contribution in [-0.4, -0.2) is 10.2 Å². The molecule has 106 valence electrons. The predicted molar refractivity (Wildman–Crippen MR) is 65.6 cm³/mol. The van der Waals surface area contributed by atoms with Crippen molar-refractivity contribution in [3.63, 3.8) is 0 Å². The zero-order valence-electron chi connectivity index (χ0n) is 10.7. The van der Waals surface area contributed by atoms with Gasteiger partial charge in [0.05, 0.1) is 11.1 Å². The van der Waals surface area contributed by atoms with Crippen molar-refractivity contribution in [3.8, 4) is 23.6 Å². The topological polar surface area (TPSA) is 88.0 Å². The molecule has 0 amide bonds. The molecule has 0 saturated heterocycles. The first-order valence-corrected chi connectivity index (χ1v) is 5.05. The molecule has 4 nitrogen and oxygen atoms in total. The van der Waals surface area contributed by atoms with Gasteiger partial charge in [-0.1, -0.05) is 24.3 Å². The average molecular weight is 400 g/mol. The summed E-state index contributed by atoms with van der Waals surface area (Å²) < 4.78 is 0. The molecule has 0 aliphatic heterocycles. The number of phenols is 2. The molecule has 0 heterocycles. The van der Waals surface area contributed by atoms with Crippen LogP contribution in [0.15, 0.2) is 48.5 Å². The maximum absolute atomic E-state index is 8.89. The molecule has 7 heteroatoms. The summed E-state index contributed by atoms with van der Waals surface area (Å²) in [6.45, 7) is 0. The van der Waals surface area contributed by atoms with Crippen molar-refractivity contribution in [2.45, 2.75) is 0 Å². The van der Waals surface area contributed by atoms with E-state index in [9.17, 15) is 0 Å². The van der Waals surface area contributed by atoms with Crippen LogP contribution in [0, 0.1) is 22.7 Å². The van der Waals surface area contributed by atoms with E-state index in [1.165, 1.54) is 12.1 Å². The fraction of sp³-hybridized carbons (Fsp3) is 0. The molecular formula is C14H10Cl2N2O2Zr. The number of nitriles is 2. The van der Waals surface area contributed by atoms with Gasteiger partial charge in [0.2, 0.25) is 0 Å². The summed E-state index contributed by atoms with van der Waals surface area (Å²) in [7, 11) is 0. The summed E-state index contributed by atoms with van der Waals surface area (Å²) in [5.41, 5.74) is 0.634. The van der Waals surface area contributed by atoms with E-state index in [4.69, 9.17) is 20.7 Å². The monoisotopic (exact) mass is 398 g/mol. The Hall–Kier alpha value is -1.52. The number of aromatic hydroxyl groups is 2. The van der Waals surface area contributed by atoms with Crippen LogP contribution in [0.1, 0.15) is 11.1 Å². The van der Waals surface area contributed by atoms with Gasteiger partial charge in [-0.25, -0.2) is 0 Å². The Labute approximate surface area is 154 Å². The second-order valence-electron chi connectivity index (χ2n) is 3.26.